The highest BCUT2D eigenvalue weighted by Gasteiger charge is 2.44. The second kappa shape index (κ2) is 7.82. The third-order valence-corrected chi connectivity index (χ3v) is 11.3. The van der Waals surface area contributed by atoms with E-state index in [2.05, 4.69) is 51.7 Å². The number of halogens is 1. The van der Waals surface area contributed by atoms with Crippen molar-refractivity contribution in [1.29, 1.82) is 0 Å². The summed E-state index contributed by atoms with van der Waals surface area (Å²) in [5.41, 5.74) is 2.31. The molecule has 140 valence electrons. The van der Waals surface area contributed by atoms with Crippen LogP contribution in [0.5, 0.6) is 0 Å². The van der Waals surface area contributed by atoms with Crippen LogP contribution in [0.15, 0.2) is 18.3 Å². The average Bonchev–Trinajstić information content (AvgIpc) is 2.93. The zero-order valence-corrected chi connectivity index (χ0v) is 17.5. The molecule has 0 radical (unpaired) electrons. The molecule has 0 atom stereocenters. The average molecular weight is 367 g/mol. The third-order valence-electron chi connectivity index (χ3n) is 5.18. The van der Waals surface area contributed by atoms with Crippen molar-refractivity contribution in [2.75, 3.05) is 25.1 Å². The lowest BCUT2D eigenvalue weighted by atomic mass is 10.4. The van der Waals surface area contributed by atoms with Crippen LogP contribution < -0.4 is 4.90 Å². The third kappa shape index (κ3) is 3.87. The Kier molecular flexibility index (Phi) is 6.21. The predicted octanol–water partition coefficient (Wildman–Crippen LogP) is 4.50. The van der Waals surface area contributed by atoms with E-state index in [1.54, 1.807) is 10.5 Å². The van der Waals surface area contributed by atoms with Crippen LogP contribution in [0.25, 0.3) is 5.65 Å². The molecule has 0 aliphatic heterocycles. The molecule has 0 fully saturated rings. The van der Waals surface area contributed by atoms with Crippen LogP contribution >= 0.6 is 0 Å². The fraction of sp³-hybridized carbons (Fsp3) is 0.667. The highest BCUT2D eigenvalue weighted by molar-refractivity contribution is 6.77. The molecule has 2 aromatic rings. The van der Waals surface area contributed by atoms with Gasteiger partial charge in [-0.05, 0) is 28.8 Å². The Labute approximate surface area is 151 Å². The zero-order chi connectivity index (χ0) is 18.8. The van der Waals surface area contributed by atoms with E-state index in [1.807, 2.05) is 11.9 Å². The topological polar surface area (TPSA) is 42.7 Å². The molecule has 0 unspecified atom stereocenters. The first kappa shape index (κ1) is 19.8. The van der Waals surface area contributed by atoms with Gasteiger partial charge >= 0.3 is 0 Å². The van der Waals surface area contributed by atoms with E-state index >= 15 is 0 Å². The van der Waals surface area contributed by atoms with Crippen LogP contribution in [0, 0.1) is 5.82 Å². The van der Waals surface area contributed by atoms with Crippen LogP contribution in [-0.2, 0) is 4.43 Å². The number of anilines is 1. The Balaban J connectivity index is 2.10. The van der Waals surface area contributed by atoms with Crippen molar-refractivity contribution in [1.82, 2.24) is 14.6 Å². The van der Waals surface area contributed by atoms with Gasteiger partial charge in [-0.3, -0.25) is 4.40 Å². The molecule has 2 rings (SSSR count). The first-order valence-electron chi connectivity index (χ1n) is 9.05. The number of rotatable bonds is 8. The molecule has 0 spiro atoms. The molecule has 5 nitrogen and oxygen atoms in total. The molecular formula is C18H31FN4OSi. The van der Waals surface area contributed by atoms with E-state index in [9.17, 15) is 4.39 Å². The molecule has 0 aromatic carbocycles. The minimum atomic E-state index is -1.87. The Morgan fingerprint density at radius 2 is 1.68 bits per heavy atom. The standard InChI is InChI=1S/C18H31FN4OSi/c1-13(2)25(14(3)4,15(5)6)24-11-10-22(7)18-21-20-17-9-8-16(19)12-23(17)18/h8-9,12-15H,10-11H2,1-7H3. The van der Waals surface area contributed by atoms with Gasteiger partial charge < -0.3 is 9.33 Å². The molecule has 0 aliphatic rings. The maximum Gasteiger partial charge on any atom is 0.231 e. The predicted molar refractivity (Wildman–Crippen MR) is 103 cm³/mol. The van der Waals surface area contributed by atoms with Crippen molar-refractivity contribution in [3.63, 3.8) is 0 Å². The number of likely N-dealkylation sites (N-methyl/N-ethyl adjacent to an activating group) is 1. The minimum absolute atomic E-state index is 0.302. The van der Waals surface area contributed by atoms with Crippen LogP contribution in [-0.4, -0.2) is 43.1 Å². The van der Waals surface area contributed by atoms with E-state index in [0.29, 0.717) is 41.4 Å². The van der Waals surface area contributed by atoms with Crippen molar-refractivity contribution >= 4 is 19.9 Å². The summed E-state index contributed by atoms with van der Waals surface area (Å²) in [6.45, 7) is 15.0. The number of fused-ring (bicyclic) bond motifs is 1. The lowest BCUT2D eigenvalue weighted by Gasteiger charge is -2.42. The fourth-order valence-corrected chi connectivity index (χ4v) is 9.52. The Morgan fingerprint density at radius 3 is 2.24 bits per heavy atom. The summed E-state index contributed by atoms with van der Waals surface area (Å²) in [5.74, 6) is 0.327. The highest BCUT2D eigenvalue weighted by Crippen LogP contribution is 2.42. The first-order chi connectivity index (χ1) is 11.7. The number of hydrogen-bond donors (Lipinski definition) is 0. The molecule has 0 saturated heterocycles. The molecule has 0 bridgehead atoms. The van der Waals surface area contributed by atoms with Gasteiger partial charge in [0.05, 0.1) is 6.61 Å². The fourth-order valence-electron chi connectivity index (χ4n) is 4.07. The van der Waals surface area contributed by atoms with Gasteiger partial charge in [-0.1, -0.05) is 41.5 Å². The second-order valence-corrected chi connectivity index (χ2v) is 13.1. The van der Waals surface area contributed by atoms with Crippen molar-refractivity contribution in [3.05, 3.63) is 24.1 Å². The molecule has 0 saturated carbocycles. The van der Waals surface area contributed by atoms with Crippen molar-refractivity contribution in [2.45, 2.75) is 58.2 Å². The van der Waals surface area contributed by atoms with Crippen molar-refractivity contribution < 1.29 is 8.82 Å². The quantitative estimate of drug-likeness (QED) is 0.645. The molecule has 0 aliphatic carbocycles. The van der Waals surface area contributed by atoms with Gasteiger partial charge in [0.2, 0.25) is 5.95 Å². The molecule has 0 amide bonds. The Bertz CT molecular complexity index is 680. The van der Waals surface area contributed by atoms with Gasteiger partial charge in [0.1, 0.15) is 5.82 Å². The maximum atomic E-state index is 13.5. The van der Waals surface area contributed by atoms with Gasteiger partial charge in [-0.25, -0.2) is 4.39 Å². The van der Waals surface area contributed by atoms with E-state index in [0.717, 1.165) is 0 Å². The minimum Gasteiger partial charge on any atom is -0.414 e. The maximum absolute atomic E-state index is 13.5. The molecule has 7 heteroatoms. The SMILES string of the molecule is CC(C)[Si](OCCN(C)c1nnc2ccc(F)cn12)(C(C)C)C(C)C. The van der Waals surface area contributed by atoms with Crippen LogP contribution in [0.1, 0.15) is 41.5 Å². The number of aromatic nitrogens is 3. The normalized spacial score (nSPS) is 12.8. The monoisotopic (exact) mass is 366 g/mol. The number of hydrogen-bond acceptors (Lipinski definition) is 4. The molecular weight excluding hydrogens is 335 g/mol. The lowest BCUT2D eigenvalue weighted by molar-refractivity contribution is 0.284. The van der Waals surface area contributed by atoms with Crippen molar-refractivity contribution in [3.8, 4) is 0 Å². The van der Waals surface area contributed by atoms with E-state index in [4.69, 9.17) is 4.43 Å². The molecule has 25 heavy (non-hydrogen) atoms. The van der Waals surface area contributed by atoms with E-state index in [1.165, 1.54) is 12.3 Å². The van der Waals surface area contributed by atoms with Crippen LogP contribution in [0.4, 0.5) is 10.3 Å². The second-order valence-electron chi connectivity index (χ2n) is 7.66. The highest BCUT2D eigenvalue weighted by atomic mass is 28.4. The molecule has 0 N–H and O–H groups in total. The van der Waals surface area contributed by atoms with Gasteiger partial charge in [0.15, 0.2) is 14.0 Å². The van der Waals surface area contributed by atoms with Crippen LogP contribution in [0.2, 0.25) is 16.6 Å². The van der Waals surface area contributed by atoms with Gasteiger partial charge in [-0.15, -0.1) is 10.2 Å². The first-order valence-corrected chi connectivity index (χ1v) is 11.2. The number of pyridine rings is 1. The summed E-state index contributed by atoms with van der Waals surface area (Å²) in [4.78, 5) is 1.97. The van der Waals surface area contributed by atoms with E-state index in [-0.39, 0.29) is 5.82 Å². The summed E-state index contributed by atoms with van der Waals surface area (Å²) in [7, 11) is 0.0672. The van der Waals surface area contributed by atoms with Crippen LogP contribution in [0.3, 0.4) is 0 Å². The Morgan fingerprint density at radius 1 is 1.08 bits per heavy atom. The smallest absolute Gasteiger partial charge is 0.231 e. The summed E-state index contributed by atoms with van der Waals surface area (Å²) in [6.07, 6.45) is 1.41. The summed E-state index contributed by atoms with van der Waals surface area (Å²) in [6, 6.07) is 3.02. The zero-order valence-electron chi connectivity index (χ0n) is 16.5. The lowest BCUT2D eigenvalue weighted by Crippen LogP contribution is -2.49. The van der Waals surface area contributed by atoms with Gasteiger partial charge in [0.25, 0.3) is 0 Å². The van der Waals surface area contributed by atoms with Crippen molar-refractivity contribution in [2.24, 2.45) is 0 Å². The number of nitrogens with zero attached hydrogens (tertiary/aromatic N) is 4. The summed E-state index contributed by atoms with van der Waals surface area (Å²) >= 11 is 0. The summed E-state index contributed by atoms with van der Waals surface area (Å²) in [5, 5.41) is 8.28. The molecule has 2 aromatic heterocycles. The molecule has 2 heterocycles. The largest absolute Gasteiger partial charge is 0.414 e. The van der Waals surface area contributed by atoms with Gasteiger partial charge in [-0.2, -0.15) is 0 Å². The summed E-state index contributed by atoms with van der Waals surface area (Å²) < 4.78 is 21.8. The Hall–Kier alpha value is -1.47. The van der Waals surface area contributed by atoms with E-state index < -0.39 is 8.32 Å². The van der Waals surface area contributed by atoms with Gasteiger partial charge in [0, 0.05) is 19.8 Å².